The highest BCUT2D eigenvalue weighted by Crippen LogP contribution is 1.99. The van der Waals surface area contributed by atoms with Gasteiger partial charge in [-0.25, -0.2) is 10.2 Å². The van der Waals surface area contributed by atoms with Crippen molar-refractivity contribution in [1.82, 2.24) is 5.12 Å². The van der Waals surface area contributed by atoms with Crippen LogP contribution in [0.15, 0.2) is 19.7 Å². The Morgan fingerprint density at radius 3 is 2.15 bits per heavy atom. The van der Waals surface area contributed by atoms with Gasteiger partial charge in [-0.1, -0.05) is 14.4 Å². The molecule has 11 heteroatoms. The molecule has 72 valence electrons. The summed E-state index contributed by atoms with van der Waals surface area (Å²) in [5, 5.41) is 13.3. The molecule has 0 atom stereocenters. The van der Waals surface area contributed by atoms with E-state index < -0.39 is 12.1 Å². The Labute approximate surface area is 81.8 Å². The maximum Gasteiger partial charge on any atom is 0.412 e. The van der Waals surface area contributed by atoms with Crippen molar-refractivity contribution in [3.8, 4) is 0 Å². The van der Waals surface area contributed by atoms with E-state index in [9.17, 15) is 4.79 Å². The van der Waals surface area contributed by atoms with Crippen LogP contribution in [-0.4, -0.2) is 17.2 Å². The molecule has 0 unspecified atom stereocenters. The van der Waals surface area contributed by atoms with Gasteiger partial charge < -0.3 is 10.5 Å². The van der Waals surface area contributed by atoms with Gasteiger partial charge in [-0.3, -0.25) is 0 Å². The summed E-state index contributed by atoms with van der Waals surface area (Å²) in [5.74, 6) is 0. The number of carbonyl (C=O) groups excluding carboxylic acids is 1. The highest BCUT2D eigenvalue weighted by molar-refractivity contribution is 6.14. The molecule has 13 heavy (non-hydrogen) atoms. The molecule has 1 amide bonds. The summed E-state index contributed by atoms with van der Waals surface area (Å²) in [5.41, 5.74) is 4.58. The molecule has 0 aromatic carbocycles. The number of hydrogen-bond acceptors (Lipinski definition) is 7. The Morgan fingerprint density at radius 1 is 1.38 bits per heavy atom. The Morgan fingerprint density at radius 2 is 1.85 bits per heavy atom. The Bertz CT molecular complexity index is 239. The molecule has 0 radical (unpaired) electrons. The number of ether oxygens (including phenoxy) is 1. The quantitative estimate of drug-likeness (QED) is 0.320. The Hall–Kier alpha value is -1.48. The van der Waals surface area contributed by atoms with Gasteiger partial charge in [0.1, 0.15) is 0 Å². The predicted molar refractivity (Wildman–Crippen MR) is 41.7 cm³/mol. The molecular formula is C2H3Cl2N7O2. The van der Waals surface area contributed by atoms with Crippen LogP contribution in [0, 0.1) is 5.41 Å². The third-order valence-electron chi connectivity index (χ3n) is 0.616. The monoisotopic (exact) mass is 227 g/mol. The summed E-state index contributed by atoms with van der Waals surface area (Å²) in [7, 11) is 0. The lowest BCUT2D eigenvalue weighted by Crippen LogP contribution is -2.27. The summed E-state index contributed by atoms with van der Waals surface area (Å²) < 4.78 is 9.48. The molecule has 0 bridgehead atoms. The van der Waals surface area contributed by atoms with Crippen molar-refractivity contribution in [3.63, 3.8) is 0 Å². The van der Waals surface area contributed by atoms with Gasteiger partial charge in [-0.05, 0) is 10.4 Å². The first-order valence-corrected chi connectivity index (χ1v) is 3.19. The number of nitrogens with two attached hydrogens (primary N) is 1. The zero-order valence-corrected chi connectivity index (χ0v) is 7.40. The van der Waals surface area contributed by atoms with Crippen molar-refractivity contribution in [2.24, 2.45) is 25.4 Å². The molecule has 0 spiro atoms. The standard InChI is InChI=1S/C2H3Cl2N7O2/c3-7-9-11(10-8-4)1(5)13-2(6)12/h5H,(H2,6,12)/b5-1?,9-7+,10-8+. The Balaban J connectivity index is 4.36. The van der Waals surface area contributed by atoms with Crippen LogP contribution in [0.1, 0.15) is 0 Å². The number of hydrogen-bond donors (Lipinski definition) is 2. The third-order valence-corrected chi connectivity index (χ3v) is 0.751. The zero-order chi connectivity index (χ0) is 10.3. The van der Waals surface area contributed by atoms with Gasteiger partial charge in [0.2, 0.25) is 0 Å². The number of rotatable bonds is 2. The van der Waals surface area contributed by atoms with Crippen LogP contribution < -0.4 is 5.73 Å². The average Bonchev–Trinajstić information content (AvgIpc) is 2.02. The molecule has 3 N–H and O–H groups in total. The van der Waals surface area contributed by atoms with E-state index in [1.165, 1.54) is 0 Å². The minimum Gasteiger partial charge on any atom is -0.373 e. The van der Waals surface area contributed by atoms with Gasteiger partial charge in [0.25, 0.3) is 0 Å². The largest absolute Gasteiger partial charge is 0.412 e. The molecule has 0 rings (SSSR count). The van der Waals surface area contributed by atoms with E-state index in [-0.39, 0.29) is 0 Å². The van der Waals surface area contributed by atoms with Crippen LogP contribution in [0.5, 0.6) is 0 Å². The van der Waals surface area contributed by atoms with E-state index in [0.29, 0.717) is 5.12 Å². The van der Waals surface area contributed by atoms with Crippen molar-refractivity contribution in [3.05, 3.63) is 0 Å². The molecule has 0 heterocycles. The summed E-state index contributed by atoms with van der Waals surface area (Å²) >= 11 is 9.63. The first kappa shape index (κ1) is 11.5. The maximum absolute atomic E-state index is 10.1. The molecule has 9 nitrogen and oxygen atoms in total. The van der Waals surface area contributed by atoms with Gasteiger partial charge in [0.15, 0.2) is 0 Å². The van der Waals surface area contributed by atoms with Crippen LogP contribution >= 0.6 is 23.6 Å². The van der Waals surface area contributed by atoms with Crippen molar-refractivity contribution < 1.29 is 9.53 Å². The van der Waals surface area contributed by atoms with Crippen molar-refractivity contribution >= 4 is 35.7 Å². The number of nitrogens with zero attached hydrogens (tertiary/aromatic N) is 5. The van der Waals surface area contributed by atoms with Crippen LogP contribution in [0.25, 0.3) is 0 Å². The van der Waals surface area contributed by atoms with Crippen LogP contribution in [0.2, 0.25) is 0 Å². The van der Waals surface area contributed by atoms with E-state index in [1.807, 2.05) is 0 Å². The first-order chi connectivity index (χ1) is 6.11. The number of nitrogens with one attached hydrogen (secondary N) is 1. The third kappa shape index (κ3) is 4.87. The second-order valence-corrected chi connectivity index (χ2v) is 1.65. The van der Waals surface area contributed by atoms with E-state index in [1.54, 1.807) is 0 Å². The number of carbonyl (C=O) groups is 1. The lowest BCUT2D eigenvalue weighted by atomic mass is 11.1. The molecule has 0 aliphatic rings. The highest BCUT2D eigenvalue weighted by atomic mass is 35.5. The van der Waals surface area contributed by atoms with Crippen molar-refractivity contribution in [2.45, 2.75) is 0 Å². The summed E-state index contributed by atoms with van der Waals surface area (Å²) in [6.45, 7) is 0. The van der Waals surface area contributed by atoms with E-state index >= 15 is 0 Å². The van der Waals surface area contributed by atoms with Gasteiger partial charge in [0.05, 0.1) is 23.6 Å². The van der Waals surface area contributed by atoms with Crippen LogP contribution in [0.3, 0.4) is 0 Å². The second kappa shape index (κ2) is 6.08. The minimum absolute atomic E-state index is 0.338. The SMILES string of the molecule is N=C(OC(N)=O)N(/N=N/Cl)/N=N/Cl. The van der Waals surface area contributed by atoms with Gasteiger partial charge in [0, 0.05) is 0 Å². The topological polar surface area (TPSA) is 129 Å². The number of amides is 1. The summed E-state index contributed by atoms with van der Waals surface area (Å²) in [4.78, 5) is 10.1. The fraction of sp³-hybridized carbons (Fsp3) is 0. The van der Waals surface area contributed by atoms with E-state index in [0.717, 1.165) is 0 Å². The van der Waals surface area contributed by atoms with Crippen LogP contribution in [0.4, 0.5) is 4.79 Å². The summed E-state index contributed by atoms with van der Waals surface area (Å²) in [6.07, 6.45) is -1.22. The molecule has 0 fully saturated rings. The average molecular weight is 228 g/mol. The second-order valence-electron chi connectivity index (χ2n) is 1.35. The van der Waals surface area contributed by atoms with Gasteiger partial charge >= 0.3 is 12.1 Å². The molecule has 0 aliphatic carbocycles. The zero-order valence-electron chi connectivity index (χ0n) is 5.89. The van der Waals surface area contributed by atoms with E-state index in [2.05, 4.69) is 30.2 Å². The lowest BCUT2D eigenvalue weighted by molar-refractivity contribution is 0.192. The van der Waals surface area contributed by atoms with Crippen molar-refractivity contribution in [2.75, 3.05) is 0 Å². The fourth-order valence-electron chi connectivity index (χ4n) is 0.299. The molecule has 0 saturated carbocycles. The molecular weight excluding hydrogens is 225 g/mol. The molecule has 0 aromatic heterocycles. The van der Waals surface area contributed by atoms with Gasteiger partial charge in [-0.15, -0.1) is 0 Å². The maximum atomic E-state index is 10.1. The molecule has 0 aromatic rings. The number of amidine groups is 1. The normalized spacial score (nSPS) is 10.6. The predicted octanol–water partition coefficient (Wildman–Crippen LogP) is 1.36. The molecule has 0 saturated heterocycles. The van der Waals surface area contributed by atoms with E-state index in [4.69, 9.17) is 29.0 Å². The number of primary amides is 1. The van der Waals surface area contributed by atoms with Crippen molar-refractivity contribution in [1.29, 1.82) is 5.41 Å². The smallest absolute Gasteiger partial charge is 0.373 e. The summed E-state index contributed by atoms with van der Waals surface area (Å²) in [6, 6.07) is -0.846. The first-order valence-electron chi connectivity index (χ1n) is 2.51. The minimum atomic E-state index is -1.22. The molecule has 0 aliphatic heterocycles. The van der Waals surface area contributed by atoms with Crippen LogP contribution in [-0.2, 0) is 4.74 Å². The fourth-order valence-corrected chi connectivity index (χ4v) is 0.427. The van der Waals surface area contributed by atoms with Gasteiger partial charge in [-0.2, -0.15) is 0 Å². The number of halogens is 2. The lowest BCUT2D eigenvalue weighted by Gasteiger charge is -2.06. The Kier molecular flexibility index (Phi) is 5.39. The highest BCUT2D eigenvalue weighted by Gasteiger charge is 2.12.